The van der Waals surface area contributed by atoms with Crippen molar-refractivity contribution in [2.75, 3.05) is 24.7 Å². The maximum absolute atomic E-state index is 13.9. The van der Waals surface area contributed by atoms with Gasteiger partial charge in [0, 0.05) is 30.1 Å². The molecule has 272 valence electrons. The number of aryl methyl sites for hydroxylation is 1. The van der Waals surface area contributed by atoms with Gasteiger partial charge in [-0.3, -0.25) is 14.5 Å². The first kappa shape index (κ1) is 40.6. The molecule has 2 fully saturated rings. The number of aliphatic hydroxyl groups excluding tert-OH is 1. The third kappa shape index (κ3) is 13.1. The number of aliphatic hydroxyl groups is 1. The summed E-state index contributed by atoms with van der Waals surface area (Å²) in [5, 5.41) is 8.99. The summed E-state index contributed by atoms with van der Waals surface area (Å²) in [5.74, 6) is 1.87. The quantitative estimate of drug-likeness (QED) is 0.135. The molecule has 2 N–H and O–H groups in total. The van der Waals surface area contributed by atoms with Gasteiger partial charge in [0.2, 0.25) is 10.0 Å². The van der Waals surface area contributed by atoms with Crippen LogP contribution in [-0.2, 0) is 10.0 Å². The molecule has 7 nitrogen and oxygen atoms in total. The lowest BCUT2D eigenvalue weighted by atomic mass is 9.81. The topological polar surface area (TPSA) is 106 Å². The second-order valence-corrected chi connectivity index (χ2v) is 15.7. The summed E-state index contributed by atoms with van der Waals surface area (Å²) in [6, 6.07) is 15.6. The van der Waals surface area contributed by atoms with Crippen molar-refractivity contribution in [3.63, 3.8) is 0 Å². The van der Waals surface area contributed by atoms with E-state index in [1.54, 1.807) is 26.3 Å². The maximum Gasteiger partial charge on any atom is 0.229 e. The number of alkyl halides is 1. The summed E-state index contributed by atoms with van der Waals surface area (Å²) in [6.45, 7) is 5.84. The monoisotopic (exact) mass is 706 g/mol. The Hall–Kier alpha value is -3.82. The molecule has 0 aliphatic heterocycles. The number of ether oxygens (including phenoxy) is 1. The smallest absolute Gasteiger partial charge is 0.229 e. The van der Waals surface area contributed by atoms with E-state index in [1.165, 1.54) is 5.56 Å². The van der Waals surface area contributed by atoms with Gasteiger partial charge in [0.1, 0.15) is 11.4 Å². The molecule has 0 saturated heterocycles. The third-order valence-electron chi connectivity index (χ3n) is 9.08. The van der Waals surface area contributed by atoms with Gasteiger partial charge in [-0.15, -0.1) is 0 Å². The number of halogens is 1. The SMILES string of the molecule is C.CC1(F)CCC(/C=C/c2cc(NS(C)(=O)=O)cnc2C2CC2)CC1.COc1ccc(C(=O)CC(C)CCO)cc1/C=C/c1ccc(C)cc1. The minimum Gasteiger partial charge on any atom is -0.496 e. The Labute approximate surface area is 299 Å². The first-order valence-corrected chi connectivity index (χ1v) is 19.1. The fraction of sp³-hybridized carbons (Fsp3) is 0.463. The zero-order valence-corrected chi connectivity index (χ0v) is 30.2. The highest BCUT2D eigenvalue weighted by atomic mass is 32.2. The van der Waals surface area contributed by atoms with Crippen molar-refractivity contribution >= 4 is 39.7 Å². The Morgan fingerprint density at radius 2 is 1.74 bits per heavy atom. The Bertz CT molecular complexity index is 1720. The minimum absolute atomic E-state index is 0. The lowest BCUT2D eigenvalue weighted by Gasteiger charge is -2.29. The van der Waals surface area contributed by atoms with Crippen molar-refractivity contribution in [3.8, 4) is 5.75 Å². The van der Waals surface area contributed by atoms with E-state index < -0.39 is 15.7 Å². The van der Waals surface area contributed by atoms with Gasteiger partial charge in [0.05, 0.1) is 30.9 Å². The molecule has 0 bridgehead atoms. The van der Waals surface area contributed by atoms with Gasteiger partial charge in [-0.2, -0.15) is 0 Å². The number of sulfonamides is 1. The predicted molar refractivity (Wildman–Crippen MR) is 205 cm³/mol. The first-order chi connectivity index (χ1) is 23.2. The van der Waals surface area contributed by atoms with Crippen molar-refractivity contribution in [2.24, 2.45) is 11.8 Å². The molecule has 1 heterocycles. The molecule has 5 rings (SSSR count). The van der Waals surface area contributed by atoms with Gasteiger partial charge in [-0.1, -0.05) is 68.5 Å². The molecule has 9 heteroatoms. The van der Waals surface area contributed by atoms with E-state index in [1.807, 2.05) is 43.4 Å². The molecule has 0 spiro atoms. The van der Waals surface area contributed by atoms with E-state index in [0.29, 0.717) is 48.8 Å². The molecule has 0 radical (unpaired) electrons. The van der Waals surface area contributed by atoms with Crippen LogP contribution in [0.25, 0.3) is 18.2 Å². The van der Waals surface area contributed by atoms with Crippen molar-refractivity contribution in [1.29, 1.82) is 0 Å². The number of pyridine rings is 1. The second-order valence-electron chi connectivity index (χ2n) is 13.9. The number of hydrogen-bond acceptors (Lipinski definition) is 6. The van der Waals surface area contributed by atoms with Gasteiger partial charge < -0.3 is 9.84 Å². The van der Waals surface area contributed by atoms with Crippen LogP contribution in [0.3, 0.4) is 0 Å². The largest absolute Gasteiger partial charge is 0.496 e. The number of benzene rings is 2. The number of Topliss-reactive ketones (excluding diaryl/α,β-unsaturated/α-hetero) is 1. The van der Waals surface area contributed by atoms with Gasteiger partial charge >= 0.3 is 0 Å². The van der Waals surface area contributed by atoms with Crippen LogP contribution in [0.2, 0.25) is 0 Å². The average molecular weight is 707 g/mol. The molecule has 50 heavy (non-hydrogen) atoms. The number of hydrogen-bond donors (Lipinski definition) is 2. The van der Waals surface area contributed by atoms with E-state index in [2.05, 4.69) is 47.0 Å². The molecule has 2 aromatic carbocycles. The van der Waals surface area contributed by atoms with E-state index in [0.717, 1.165) is 60.1 Å². The van der Waals surface area contributed by atoms with Crippen LogP contribution in [0.4, 0.5) is 10.1 Å². The normalized spacial score (nSPS) is 19.7. The van der Waals surface area contributed by atoms with Crippen LogP contribution >= 0.6 is 0 Å². The molecule has 1 atom stereocenters. The lowest BCUT2D eigenvalue weighted by Crippen LogP contribution is -2.25. The zero-order valence-electron chi connectivity index (χ0n) is 29.4. The number of allylic oxidation sites excluding steroid dienone is 1. The van der Waals surface area contributed by atoms with Crippen LogP contribution < -0.4 is 9.46 Å². The van der Waals surface area contributed by atoms with Crippen molar-refractivity contribution in [3.05, 3.63) is 94.3 Å². The summed E-state index contributed by atoms with van der Waals surface area (Å²) in [6.07, 6.45) is 17.2. The average Bonchev–Trinajstić information content (AvgIpc) is 3.89. The van der Waals surface area contributed by atoms with E-state index in [-0.39, 0.29) is 25.7 Å². The predicted octanol–water partition coefficient (Wildman–Crippen LogP) is 9.66. The van der Waals surface area contributed by atoms with Crippen LogP contribution in [0.1, 0.15) is 117 Å². The van der Waals surface area contributed by atoms with Crippen LogP contribution in [0.5, 0.6) is 5.75 Å². The Morgan fingerprint density at radius 3 is 2.34 bits per heavy atom. The molecule has 1 aromatic heterocycles. The number of carbonyl (C=O) groups excluding carboxylic acids is 1. The fourth-order valence-corrected chi connectivity index (χ4v) is 6.47. The highest BCUT2D eigenvalue weighted by molar-refractivity contribution is 7.92. The molecule has 0 amide bonds. The standard InChI is InChI=1S/C22H26O3.C18H25FN2O2S.CH4/c1-16-4-6-18(7-5-16)8-9-20-15-19(10-11-22(20)25-3)21(24)14-17(2)12-13-23;1-18(19)9-7-13(8-10-18)3-4-15-11-16(21-24(2,22)23)12-20-17(15)14-5-6-14;/h4-11,15,17,23H,12-14H2,1-3H3;3-4,11-14,21H,5-10H2,1-2H3;1H4/b9-8+;4-3+;. The molecule has 3 aromatic rings. The lowest BCUT2D eigenvalue weighted by molar-refractivity contribution is 0.0957. The number of anilines is 1. The molecule has 1 unspecified atom stereocenters. The second kappa shape index (κ2) is 18.4. The van der Waals surface area contributed by atoms with Crippen LogP contribution in [-0.4, -0.2) is 49.9 Å². The highest BCUT2D eigenvalue weighted by Gasteiger charge is 2.30. The fourth-order valence-electron chi connectivity index (χ4n) is 5.93. The zero-order chi connectivity index (χ0) is 35.6. The minimum atomic E-state index is -3.32. The summed E-state index contributed by atoms with van der Waals surface area (Å²) < 4.78 is 44.6. The molecular weight excluding hydrogens is 652 g/mol. The molecule has 2 aliphatic carbocycles. The Morgan fingerprint density at radius 1 is 1.06 bits per heavy atom. The maximum atomic E-state index is 13.9. The number of methoxy groups -OCH3 is 1. The Kier molecular flexibility index (Phi) is 15.0. The summed E-state index contributed by atoms with van der Waals surface area (Å²) >= 11 is 0. The number of nitrogens with one attached hydrogen (secondary N) is 1. The first-order valence-electron chi connectivity index (χ1n) is 17.2. The van der Waals surface area contributed by atoms with Crippen LogP contribution in [0.15, 0.2) is 60.8 Å². The van der Waals surface area contributed by atoms with Gasteiger partial charge in [-0.05, 0) is 106 Å². The number of aromatic nitrogens is 1. The molecule has 2 aliphatic rings. The van der Waals surface area contributed by atoms with Gasteiger partial charge in [0.15, 0.2) is 5.78 Å². The van der Waals surface area contributed by atoms with Gasteiger partial charge in [0.25, 0.3) is 0 Å². The summed E-state index contributed by atoms with van der Waals surface area (Å²) in [5.41, 5.74) is 5.35. The Balaban J connectivity index is 0.000000265. The molecular formula is C41H55FN2O5S. The van der Waals surface area contributed by atoms with Crippen LogP contribution in [0, 0.1) is 18.8 Å². The number of ketones is 1. The summed E-state index contributed by atoms with van der Waals surface area (Å²) in [7, 11) is -1.69. The van der Waals surface area contributed by atoms with Crippen molar-refractivity contribution in [2.45, 2.75) is 91.2 Å². The summed E-state index contributed by atoms with van der Waals surface area (Å²) in [4.78, 5) is 16.9. The number of rotatable bonds is 13. The highest BCUT2D eigenvalue weighted by Crippen LogP contribution is 2.42. The van der Waals surface area contributed by atoms with E-state index in [9.17, 15) is 17.6 Å². The third-order valence-corrected chi connectivity index (χ3v) is 9.68. The number of nitrogens with zero attached hydrogens (tertiary/aromatic N) is 1. The molecule has 2 saturated carbocycles. The van der Waals surface area contributed by atoms with Crippen molar-refractivity contribution < 1.29 is 27.4 Å². The van der Waals surface area contributed by atoms with Gasteiger partial charge in [-0.25, -0.2) is 12.8 Å². The van der Waals surface area contributed by atoms with Crippen molar-refractivity contribution in [1.82, 2.24) is 4.98 Å². The van der Waals surface area contributed by atoms with E-state index >= 15 is 0 Å². The number of carbonyl (C=O) groups is 1. The van der Waals surface area contributed by atoms with E-state index in [4.69, 9.17) is 9.84 Å².